The number of anilines is 1. The Labute approximate surface area is 116 Å². The third kappa shape index (κ3) is 5.25. The predicted octanol–water partition coefficient (Wildman–Crippen LogP) is 2.25. The molecule has 1 rings (SSSR count). The van der Waals surface area contributed by atoms with Crippen LogP contribution in [0.15, 0.2) is 24.3 Å². The Bertz CT molecular complexity index is 463. The molecule has 0 saturated heterocycles. The minimum absolute atomic E-state index is 0. The lowest BCUT2D eigenvalue weighted by atomic mass is 10.2. The minimum Gasteiger partial charge on any atom is -0.399 e. The van der Waals surface area contributed by atoms with Gasteiger partial charge in [-0.3, -0.25) is 0 Å². The molecule has 104 valence electrons. The lowest BCUT2D eigenvalue weighted by Crippen LogP contribution is -2.29. The van der Waals surface area contributed by atoms with Crippen molar-refractivity contribution in [3.8, 4) is 0 Å². The smallest absolute Gasteiger partial charge is 0.218 e. The number of benzene rings is 1. The highest BCUT2D eigenvalue weighted by molar-refractivity contribution is 7.88. The zero-order chi connectivity index (χ0) is 12.9. The van der Waals surface area contributed by atoms with E-state index >= 15 is 0 Å². The molecule has 0 amide bonds. The lowest BCUT2D eigenvalue weighted by Gasteiger charge is -2.16. The molecule has 0 saturated carbocycles. The maximum atomic E-state index is 12.0. The second-order valence-electron chi connectivity index (χ2n) is 4.18. The molecule has 18 heavy (non-hydrogen) atoms. The van der Waals surface area contributed by atoms with Crippen LogP contribution in [0.5, 0.6) is 0 Å². The van der Waals surface area contributed by atoms with Crippen molar-refractivity contribution in [3.63, 3.8) is 0 Å². The number of nitrogens with zero attached hydrogens (tertiary/aromatic N) is 1. The van der Waals surface area contributed by atoms with E-state index in [1.165, 1.54) is 4.31 Å². The fourth-order valence-electron chi connectivity index (χ4n) is 1.52. The van der Waals surface area contributed by atoms with E-state index in [-0.39, 0.29) is 18.2 Å². The summed E-state index contributed by atoms with van der Waals surface area (Å²) in [7, 11) is -1.60. The highest BCUT2D eigenvalue weighted by atomic mass is 35.5. The van der Waals surface area contributed by atoms with E-state index in [9.17, 15) is 8.42 Å². The van der Waals surface area contributed by atoms with Crippen LogP contribution < -0.4 is 5.73 Å². The number of rotatable bonds is 6. The first-order chi connectivity index (χ1) is 7.95. The molecule has 0 heterocycles. The molecule has 0 spiro atoms. The fraction of sp³-hybridized carbons (Fsp3) is 0.500. The first-order valence-corrected chi connectivity index (χ1v) is 7.35. The summed E-state index contributed by atoms with van der Waals surface area (Å²) in [5.74, 6) is 0.0122. The average Bonchev–Trinajstić information content (AvgIpc) is 2.25. The molecule has 0 bridgehead atoms. The minimum atomic E-state index is -3.22. The summed E-state index contributed by atoms with van der Waals surface area (Å²) in [4.78, 5) is 0. The normalized spacial score (nSPS) is 11.3. The molecule has 0 aliphatic carbocycles. The highest BCUT2D eigenvalue weighted by Crippen LogP contribution is 2.13. The van der Waals surface area contributed by atoms with E-state index in [0.717, 1.165) is 18.4 Å². The SMILES string of the molecule is CCCCN(C)S(=O)(=O)Cc1cccc(N)c1.Cl. The molecule has 0 fully saturated rings. The Morgan fingerprint density at radius 1 is 1.33 bits per heavy atom. The van der Waals surface area contributed by atoms with Gasteiger partial charge in [-0.1, -0.05) is 25.5 Å². The molecule has 1 aromatic carbocycles. The molecule has 0 aromatic heterocycles. The summed E-state index contributed by atoms with van der Waals surface area (Å²) in [6.07, 6.45) is 1.87. The van der Waals surface area contributed by atoms with Gasteiger partial charge in [0.05, 0.1) is 5.75 Å². The molecule has 0 atom stereocenters. The molecule has 2 N–H and O–H groups in total. The van der Waals surface area contributed by atoms with Crippen molar-refractivity contribution in [2.75, 3.05) is 19.3 Å². The van der Waals surface area contributed by atoms with Crippen molar-refractivity contribution in [2.45, 2.75) is 25.5 Å². The zero-order valence-electron chi connectivity index (χ0n) is 10.8. The van der Waals surface area contributed by atoms with Crippen molar-refractivity contribution >= 4 is 28.1 Å². The number of unbranched alkanes of at least 4 members (excludes halogenated alkanes) is 1. The maximum absolute atomic E-state index is 12.0. The molecular formula is C12H21ClN2O2S. The number of sulfonamides is 1. The number of nitrogens with two attached hydrogens (primary N) is 1. The Balaban J connectivity index is 0.00000289. The molecule has 6 heteroatoms. The van der Waals surface area contributed by atoms with Gasteiger partial charge in [0.1, 0.15) is 0 Å². The Kier molecular flexibility index (Phi) is 7.28. The summed E-state index contributed by atoms with van der Waals surface area (Å²) >= 11 is 0. The molecular weight excluding hydrogens is 272 g/mol. The maximum Gasteiger partial charge on any atom is 0.218 e. The summed E-state index contributed by atoms with van der Waals surface area (Å²) < 4.78 is 25.4. The topological polar surface area (TPSA) is 63.4 Å². The van der Waals surface area contributed by atoms with Crippen LogP contribution in [0.3, 0.4) is 0 Å². The first-order valence-electron chi connectivity index (χ1n) is 5.74. The van der Waals surface area contributed by atoms with Crippen LogP contribution in [-0.2, 0) is 15.8 Å². The third-order valence-corrected chi connectivity index (χ3v) is 4.43. The van der Waals surface area contributed by atoms with E-state index in [2.05, 4.69) is 0 Å². The number of halogens is 1. The lowest BCUT2D eigenvalue weighted by molar-refractivity contribution is 0.458. The van der Waals surface area contributed by atoms with Gasteiger partial charge in [-0.05, 0) is 24.1 Å². The number of hydrogen-bond donors (Lipinski definition) is 1. The van der Waals surface area contributed by atoms with Gasteiger partial charge >= 0.3 is 0 Å². The Hall–Kier alpha value is -0.780. The van der Waals surface area contributed by atoms with Gasteiger partial charge in [-0.25, -0.2) is 12.7 Å². The van der Waals surface area contributed by atoms with Crippen LogP contribution in [-0.4, -0.2) is 26.3 Å². The molecule has 0 unspecified atom stereocenters. The average molecular weight is 293 g/mol. The molecule has 0 radical (unpaired) electrons. The largest absolute Gasteiger partial charge is 0.399 e. The molecule has 0 aliphatic heterocycles. The summed E-state index contributed by atoms with van der Waals surface area (Å²) in [5, 5.41) is 0. The molecule has 0 aliphatic rings. The van der Waals surface area contributed by atoms with Crippen LogP contribution in [0.4, 0.5) is 5.69 Å². The fourth-order valence-corrected chi connectivity index (χ4v) is 2.75. The van der Waals surface area contributed by atoms with Crippen molar-refractivity contribution < 1.29 is 8.42 Å². The van der Waals surface area contributed by atoms with E-state index in [1.807, 2.05) is 6.92 Å². The second-order valence-corrected chi connectivity index (χ2v) is 6.25. The van der Waals surface area contributed by atoms with Gasteiger partial charge in [0, 0.05) is 19.3 Å². The first kappa shape index (κ1) is 17.2. The van der Waals surface area contributed by atoms with Gasteiger partial charge in [-0.2, -0.15) is 0 Å². The Morgan fingerprint density at radius 3 is 2.56 bits per heavy atom. The predicted molar refractivity (Wildman–Crippen MR) is 78.3 cm³/mol. The number of nitrogen functional groups attached to an aromatic ring is 1. The number of hydrogen-bond acceptors (Lipinski definition) is 3. The monoisotopic (exact) mass is 292 g/mol. The van der Waals surface area contributed by atoms with E-state index in [0.29, 0.717) is 12.2 Å². The van der Waals surface area contributed by atoms with Gasteiger partial charge in [0.2, 0.25) is 10.0 Å². The van der Waals surface area contributed by atoms with Crippen molar-refractivity contribution in [3.05, 3.63) is 29.8 Å². The summed E-state index contributed by atoms with van der Waals surface area (Å²) in [6.45, 7) is 2.61. The van der Waals surface area contributed by atoms with E-state index in [1.54, 1.807) is 31.3 Å². The van der Waals surface area contributed by atoms with E-state index < -0.39 is 10.0 Å². The van der Waals surface area contributed by atoms with Crippen molar-refractivity contribution in [1.82, 2.24) is 4.31 Å². The summed E-state index contributed by atoms with van der Waals surface area (Å²) in [5.41, 5.74) is 6.95. The van der Waals surface area contributed by atoms with Gasteiger partial charge in [0.15, 0.2) is 0 Å². The van der Waals surface area contributed by atoms with Crippen LogP contribution in [0.2, 0.25) is 0 Å². The quantitative estimate of drug-likeness (QED) is 0.818. The van der Waals surface area contributed by atoms with Crippen LogP contribution in [0.25, 0.3) is 0 Å². The third-order valence-electron chi connectivity index (χ3n) is 2.60. The second kappa shape index (κ2) is 7.61. The van der Waals surface area contributed by atoms with Crippen LogP contribution in [0, 0.1) is 0 Å². The molecule has 4 nitrogen and oxygen atoms in total. The van der Waals surface area contributed by atoms with Gasteiger partial charge < -0.3 is 5.73 Å². The van der Waals surface area contributed by atoms with Gasteiger partial charge in [-0.15, -0.1) is 12.4 Å². The van der Waals surface area contributed by atoms with Crippen molar-refractivity contribution in [1.29, 1.82) is 0 Å². The standard InChI is InChI=1S/C12H20N2O2S.ClH/c1-3-4-8-14(2)17(15,16)10-11-6-5-7-12(13)9-11;/h5-7,9H,3-4,8,10,13H2,1-2H3;1H. The van der Waals surface area contributed by atoms with Crippen LogP contribution >= 0.6 is 12.4 Å². The van der Waals surface area contributed by atoms with Gasteiger partial charge in [0.25, 0.3) is 0 Å². The van der Waals surface area contributed by atoms with Crippen molar-refractivity contribution in [2.24, 2.45) is 0 Å². The van der Waals surface area contributed by atoms with E-state index in [4.69, 9.17) is 5.73 Å². The highest BCUT2D eigenvalue weighted by Gasteiger charge is 2.17. The van der Waals surface area contributed by atoms with Crippen LogP contribution in [0.1, 0.15) is 25.3 Å². The zero-order valence-corrected chi connectivity index (χ0v) is 12.4. The Morgan fingerprint density at radius 2 is 2.00 bits per heavy atom. The molecule has 1 aromatic rings. The summed E-state index contributed by atoms with van der Waals surface area (Å²) in [6, 6.07) is 7.00.